The van der Waals surface area contributed by atoms with E-state index in [1.165, 1.54) is 7.11 Å². The first-order valence-electron chi connectivity index (χ1n) is 4.11. The van der Waals surface area contributed by atoms with E-state index in [-0.39, 0.29) is 12.6 Å². The van der Waals surface area contributed by atoms with E-state index in [9.17, 15) is 4.79 Å². The number of carbonyl (C=O) groups excluding carboxylic acids is 1. The summed E-state index contributed by atoms with van der Waals surface area (Å²) in [4.78, 5) is 10.7. The molecular weight excluding hydrogens is 204 g/mol. The number of hydrogen-bond acceptors (Lipinski definition) is 3. The second-order valence-electron chi connectivity index (χ2n) is 2.70. The van der Waals surface area contributed by atoms with Crippen molar-refractivity contribution in [2.24, 2.45) is 0 Å². The number of esters is 1. The topological polar surface area (TPSA) is 35.5 Å². The van der Waals surface area contributed by atoms with Gasteiger partial charge in [0.15, 0.2) is 0 Å². The summed E-state index contributed by atoms with van der Waals surface area (Å²) in [6.45, 7) is 0.353. The van der Waals surface area contributed by atoms with Crippen LogP contribution in [0.3, 0.4) is 0 Å². The molecule has 4 heteroatoms. The minimum atomic E-state index is -0.376. The predicted octanol–water partition coefficient (Wildman–Crippen LogP) is 2.03. The lowest BCUT2D eigenvalue weighted by atomic mass is 10.2. The van der Waals surface area contributed by atoms with Gasteiger partial charge in [0.2, 0.25) is 0 Å². The van der Waals surface area contributed by atoms with Gasteiger partial charge >= 0.3 is 5.97 Å². The molecule has 0 aliphatic carbocycles. The molecule has 0 atom stereocenters. The molecule has 0 aliphatic heterocycles. The molecule has 1 rings (SSSR count). The number of methoxy groups -OCH3 is 1. The van der Waals surface area contributed by atoms with E-state index < -0.39 is 0 Å². The average Bonchev–Trinajstić information content (AvgIpc) is 2.21. The minimum Gasteiger partial charge on any atom is -0.467 e. The van der Waals surface area contributed by atoms with Gasteiger partial charge in [0.1, 0.15) is 6.61 Å². The van der Waals surface area contributed by atoms with Crippen molar-refractivity contribution < 1.29 is 14.3 Å². The molecular formula is C10H11ClO3. The Morgan fingerprint density at radius 1 is 1.36 bits per heavy atom. The number of hydrogen-bond donors (Lipinski definition) is 0. The van der Waals surface area contributed by atoms with Crippen LogP contribution in [0.15, 0.2) is 24.3 Å². The minimum absolute atomic E-state index is 0.0286. The molecule has 0 radical (unpaired) electrons. The van der Waals surface area contributed by atoms with Gasteiger partial charge in [-0.2, -0.15) is 0 Å². The molecule has 0 bridgehead atoms. The molecule has 0 saturated heterocycles. The SMILES string of the molecule is COC(=O)COCc1ccc(Cl)cc1. The Kier molecular flexibility index (Phi) is 4.43. The summed E-state index contributed by atoms with van der Waals surface area (Å²) >= 11 is 5.70. The number of carbonyl (C=O) groups is 1. The van der Waals surface area contributed by atoms with E-state index in [1.807, 2.05) is 12.1 Å². The van der Waals surface area contributed by atoms with E-state index in [0.717, 1.165) is 5.56 Å². The third kappa shape index (κ3) is 3.77. The zero-order valence-corrected chi connectivity index (χ0v) is 8.58. The number of ether oxygens (including phenoxy) is 2. The third-order valence-electron chi connectivity index (χ3n) is 1.63. The van der Waals surface area contributed by atoms with E-state index in [4.69, 9.17) is 16.3 Å². The van der Waals surface area contributed by atoms with Crippen molar-refractivity contribution in [2.45, 2.75) is 6.61 Å². The van der Waals surface area contributed by atoms with E-state index in [2.05, 4.69) is 4.74 Å². The van der Waals surface area contributed by atoms with Crippen LogP contribution < -0.4 is 0 Å². The second kappa shape index (κ2) is 5.62. The molecule has 1 aromatic rings. The van der Waals surface area contributed by atoms with Gasteiger partial charge in [0, 0.05) is 5.02 Å². The monoisotopic (exact) mass is 214 g/mol. The first kappa shape index (κ1) is 11.0. The Morgan fingerprint density at radius 3 is 2.57 bits per heavy atom. The Balaban J connectivity index is 2.31. The summed E-state index contributed by atoms with van der Waals surface area (Å²) in [6.07, 6.45) is 0. The highest BCUT2D eigenvalue weighted by Crippen LogP contribution is 2.09. The molecule has 0 N–H and O–H groups in total. The molecule has 3 nitrogen and oxygen atoms in total. The first-order valence-corrected chi connectivity index (χ1v) is 4.49. The zero-order chi connectivity index (χ0) is 10.4. The van der Waals surface area contributed by atoms with Crippen LogP contribution in [0.4, 0.5) is 0 Å². The maximum absolute atomic E-state index is 10.7. The van der Waals surface area contributed by atoms with Crippen molar-refractivity contribution in [1.29, 1.82) is 0 Å². The van der Waals surface area contributed by atoms with Crippen LogP contribution >= 0.6 is 11.6 Å². The van der Waals surface area contributed by atoms with Gasteiger partial charge in [0.05, 0.1) is 13.7 Å². The maximum atomic E-state index is 10.7. The van der Waals surface area contributed by atoms with Gasteiger partial charge in [-0.15, -0.1) is 0 Å². The van der Waals surface area contributed by atoms with Gasteiger partial charge < -0.3 is 9.47 Å². The first-order chi connectivity index (χ1) is 6.72. The molecule has 0 unspecified atom stereocenters. The molecule has 0 aliphatic rings. The third-order valence-corrected chi connectivity index (χ3v) is 1.88. The van der Waals surface area contributed by atoms with Crippen LogP contribution in [0, 0.1) is 0 Å². The maximum Gasteiger partial charge on any atom is 0.331 e. The lowest BCUT2D eigenvalue weighted by molar-refractivity contribution is -0.146. The number of benzene rings is 1. The predicted molar refractivity (Wildman–Crippen MR) is 53.1 cm³/mol. The fraction of sp³-hybridized carbons (Fsp3) is 0.300. The van der Waals surface area contributed by atoms with Gasteiger partial charge in [0.25, 0.3) is 0 Å². The largest absolute Gasteiger partial charge is 0.467 e. The smallest absolute Gasteiger partial charge is 0.331 e. The van der Waals surface area contributed by atoms with E-state index in [0.29, 0.717) is 11.6 Å². The van der Waals surface area contributed by atoms with E-state index >= 15 is 0 Å². The highest BCUT2D eigenvalue weighted by Gasteiger charge is 1.99. The van der Waals surface area contributed by atoms with Crippen LogP contribution in [-0.4, -0.2) is 19.7 Å². The zero-order valence-electron chi connectivity index (χ0n) is 7.83. The van der Waals surface area contributed by atoms with E-state index in [1.54, 1.807) is 12.1 Å². The summed E-state index contributed by atoms with van der Waals surface area (Å²) in [6, 6.07) is 7.25. The number of rotatable bonds is 4. The fourth-order valence-corrected chi connectivity index (χ4v) is 1.02. The van der Waals surface area contributed by atoms with Gasteiger partial charge in [-0.3, -0.25) is 0 Å². The quantitative estimate of drug-likeness (QED) is 0.720. The van der Waals surface area contributed by atoms with Crippen LogP contribution in [0.1, 0.15) is 5.56 Å². The number of halogens is 1. The summed E-state index contributed by atoms with van der Waals surface area (Å²) in [5.41, 5.74) is 0.971. The van der Waals surface area contributed by atoms with Gasteiger partial charge in [-0.05, 0) is 17.7 Å². The summed E-state index contributed by atoms with van der Waals surface area (Å²) in [5.74, 6) is -0.376. The fourth-order valence-electron chi connectivity index (χ4n) is 0.892. The molecule has 0 saturated carbocycles. The van der Waals surface area contributed by atoms with Gasteiger partial charge in [-0.1, -0.05) is 23.7 Å². The lowest BCUT2D eigenvalue weighted by Gasteiger charge is -2.02. The van der Waals surface area contributed by atoms with Crippen molar-refractivity contribution in [3.63, 3.8) is 0 Å². The lowest BCUT2D eigenvalue weighted by Crippen LogP contribution is -2.09. The highest BCUT2D eigenvalue weighted by molar-refractivity contribution is 6.30. The standard InChI is InChI=1S/C10H11ClO3/c1-13-10(12)7-14-6-8-2-4-9(11)5-3-8/h2-5H,6-7H2,1H3. The Bertz CT molecular complexity index is 295. The molecule has 1 aromatic carbocycles. The van der Waals surface area contributed by atoms with Crippen molar-refractivity contribution in [3.8, 4) is 0 Å². The molecule has 14 heavy (non-hydrogen) atoms. The van der Waals surface area contributed by atoms with Crippen LogP contribution in [-0.2, 0) is 20.9 Å². The van der Waals surface area contributed by atoms with Gasteiger partial charge in [-0.25, -0.2) is 4.79 Å². The molecule has 0 heterocycles. The van der Waals surface area contributed by atoms with Crippen molar-refractivity contribution in [1.82, 2.24) is 0 Å². The summed E-state index contributed by atoms with van der Waals surface area (Å²) in [5, 5.41) is 0.682. The normalized spacial score (nSPS) is 9.86. The second-order valence-corrected chi connectivity index (χ2v) is 3.13. The van der Waals surface area contributed by atoms with Crippen LogP contribution in [0.5, 0.6) is 0 Å². The average molecular weight is 215 g/mol. The summed E-state index contributed by atoms with van der Waals surface area (Å²) < 4.78 is 9.52. The molecule has 76 valence electrons. The molecule has 0 aromatic heterocycles. The molecule has 0 fully saturated rings. The Hall–Kier alpha value is -1.06. The Morgan fingerprint density at radius 2 is 2.00 bits per heavy atom. The van der Waals surface area contributed by atoms with Crippen LogP contribution in [0.25, 0.3) is 0 Å². The van der Waals surface area contributed by atoms with Crippen molar-refractivity contribution >= 4 is 17.6 Å². The molecule has 0 amide bonds. The Labute approximate surface area is 87.6 Å². The highest BCUT2D eigenvalue weighted by atomic mass is 35.5. The van der Waals surface area contributed by atoms with Crippen molar-refractivity contribution in [2.75, 3.05) is 13.7 Å². The molecule has 0 spiro atoms. The van der Waals surface area contributed by atoms with Crippen LogP contribution in [0.2, 0.25) is 5.02 Å². The van der Waals surface area contributed by atoms with Crippen molar-refractivity contribution in [3.05, 3.63) is 34.9 Å². The summed E-state index contributed by atoms with van der Waals surface area (Å²) in [7, 11) is 1.33.